The number of phenols is 1. The van der Waals surface area contributed by atoms with Crippen LogP contribution in [0, 0.1) is 23.6 Å². The van der Waals surface area contributed by atoms with Crippen LogP contribution in [-0.2, 0) is 24.0 Å². The number of nitrogens with zero attached hydrogens (tertiary/aromatic N) is 2. The number of benzene rings is 2. The molecular formula is C33H31Cl2FN2O8. The number of rotatable bonds is 9. The number of carbonyl (C=O) groups excluding carboxylic acids is 4. The Morgan fingerprint density at radius 2 is 1.72 bits per heavy atom. The fourth-order valence-electron chi connectivity index (χ4n) is 7.65. The standard InChI is InChI=1S/C33H31Cl2FN2O8/c1-46-24-15-17(6-13-23(24)39)27-20-11-12-21-26(29(43)37(28(21)42)14-4-2-3-5-25(40)41)22(20)16-32(34)30(44)38(31(45)33(27,32)35)19-9-7-18(36)8-10-19/h6-11,13,15,21-22,26-27,39H,2-5,12,14,16H2,1H3,(H,40,41)/t21-,22+,26-,27-,32+,33-/m0/s1. The summed E-state index contributed by atoms with van der Waals surface area (Å²) in [7, 11) is 1.36. The predicted molar refractivity (Wildman–Crippen MR) is 164 cm³/mol. The van der Waals surface area contributed by atoms with Gasteiger partial charge in [-0.05, 0) is 73.6 Å². The number of carboxylic acid groups (broad SMARTS) is 1. The van der Waals surface area contributed by atoms with E-state index in [0.717, 1.165) is 17.0 Å². The normalized spacial score (nSPS) is 30.2. The molecule has 3 fully saturated rings. The number of unbranched alkanes of at least 4 members (excludes halogenated alkanes) is 2. The fraction of sp³-hybridized carbons (Fsp3) is 0.424. The number of aromatic hydroxyl groups is 1. The van der Waals surface area contributed by atoms with Crippen molar-refractivity contribution in [3.05, 3.63) is 65.5 Å². The third-order valence-electron chi connectivity index (χ3n) is 9.80. The molecule has 242 valence electrons. The Kier molecular flexibility index (Phi) is 8.13. The Hall–Kier alpha value is -3.96. The molecule has 2 aliphatic heterocycles. The average molecular weight is 674 g/mol. The van der Waals surface area contributed by atoms with Gasteiger partial charge in [0.25, 0.3) is 11.8 Å². The Morgan fingerprint density at radius 3 is 2.39 bits per heavy atom. The summed E-state index contributed by atoms with van der Waals surface area (Å²) in [5, 5.41) is 19.3. The number of carbonyl (C=O) groups is 5. The number of fused-ring (bicyclic) bond motifs is 4. The number of anilines is 1. The lowest BCUT2D eigenvalue weighted by Gasteiger charge is -2.50. The first-order valence-corrected chi connectivity index (χ1v) is 15.8. The molecule has 6 rings (SSSR count). The highest BCUT2D eigenvalue weighted by Gasteiger charge is 2.76. The summed E-state index contributed by atoms with van der Waals surface area (Å²) in [5.74, 6) is -7.39. The number of aliphatic carboxylic acids is 1. The smallest absolute Gasteiger partial charge is 0.303 e. The zero-order valence-electron chi connectivity index (χ0n) is 24.8. The summed E-state index contributed by atoms with van der Waals surface area (Å²) in [6.07, 6.45) is 3.14. The van der Waals surface area contributed by atoms with Gasteiger partial charge in [-0.2, -0.15) is 0 Å². The lowest BCUT2D eigenvalue weighted by atomic mass is 9.56. The van der Waals surface area contributed by atoms with E-state index in [2.05, 4.69) is 0 Å². The van der Waals surface area contributed by atoms with Crippen molar-refractivity contribution in [1.29, 1.82) is 0 Å². The molecule has 2 saturated heterocycles. The minimum atomic E-state index is -2.10. The van der Waals surface area contributed by atoms with Gasteiger partial charge in [-0.25, -0.2) is 9.29 Å². The molecule has 0 radical (unpaired) electrons. The molecule has 0 spiro atoms. The van der Waals surface area contributed by atoms with E-state index in [0.29, 0.717) is 30.4 Å². The van der Waals surface area contributed by atoms with Crippen molar-refractivity contribution in [3.63, 3.8) is 0 Å². The second-order valence-corrected chi connectivity index (χ2v) is 13.5. The maximum Gasteiger partial charge on any atom is 0.303 e. The minimum absolute atomic E-state index is 0.00833. The largest absolute Gasteiger partial charge is 0.504 e. The minimum Gasteiger partial charge on any atom is -0.504 e. The lowest BCUT2D eigenvalue weighted by molar-refractivity contribution is -0.141. The van der Waals surface area contributed by atoms with Crippen molar-refractivity contribution >= 4 is 58.5 Å². The molecule has 2 aromatic carbocycles. The van der Waals surface area contributed by atoms with E-state index >= 15 is 0 Å². The average Bonchev–Trinajstić information content (AvgIpc) is 3.35. The number of ether oxygens (including phenoxy) is 1. The predicted octanol–water partition coefficient (Wildman–Crippen LogP) is 4.75. The van der Waals surface area contributed by atoms with E-state index in [-0.39, 0.29) is 48.9 Å². The van der Waals surface area contributed by atoms with Gasteiger partial charge < -0.3 is 14.9 Å². The van der Waals surface area contributed by atoms with Crippen LogP contribution in [0.4, 0.5) is 10.1 Å². The number of allylic oxidation sites excluding steroid dienone is 2. The molecule has 0 bridgehead atoms. The second-order valence-electron chi connectivity index (χ2n) is 12.2. The quantitative estimate of drug-likeness (QED) is 0.168. The molecule has 2 heterocycles. The van der Waals surface area contributed by atoms with Crippen LogP contribution in [0.15, 0.2) is 54.1 Å². The Labute approximate surface area is 273 Å². The van der Waals surface area contributed by atoms with E-state index in [1.165, 1.54) is 36.3 Å². The summed E-state index contributed by atoms with van der Waals surface area (Å²) in [5.41, 5.74) is 1.05. The molecule has 2 N–H and O–H groups in total. The number of methoxy groups -OCH3 is 1. The highest BCUT2D eigenvalue weighted by Crippen LogP contribution is 2.66. The summed E-state index contributed by atoms with van der Waals surface area (Å²) in [6.45, 7) is 0.131. The molecule has 13 heteroatoms. The van der Waals surface area contributed by atoms with Gasteiger partial charge in [-0.15, -0.1) is 23.2 Å². The number of alkyl halides is 2. The van der Waals surface area contributed by atoms with Gasteiger partial charge in [-0.1, -0.05) is 24.1 Å². The highest BCUT2D eigenvalue weighted by atomic mass is 35.5. The molecule has 4 aliphatic rings. The van der Waals surface area contributed by atoms with E-state index in [9.17, 15) is 33.5 Å². The molecule has 1 saturated carbocycles. The van der Waals surface area contributed by atoms with Gasteiger partial charge in [0.15, 0.2) is 21.2 Å². The maximum absolute atomic E-state index is 14.4. The molecule has 46 heavy (non-hydrogen) atoms. The van der Waals surface area contributed by atoms with Gasteiger partial charge in [0.2, 0.25) is 11.8 Å². The molecule has 0 aromatic heterocycles. The molecule has 4 amide bonds. The van der Waals surface area contributed by atoms with E-state index in [4.69, 9.17) is 33.0 Å². The van der Waals surface area contributed by atoms with Crippen LogP contribution in [0.2, 0.25) is 0 Å². The van der Waals surface area contributed by atoms with Crippen LogP contribution in [0.25, 0.3) is 0 Å². The van der Waals surface area contributed by atoms with Crippen molar-refractivity contribution in [1.82, 2.24) is 4.90 Å². The summed E-state index contributed by atoms with van der Waals surface area (Å²) >= 11 is 14.7. The van der Waals surface area contributed by atoms with Crippen molar-refractivity contribution in [2.45, 2.75) is 54.2 Å². The fourth-order valence-corrected chi connectivity index (χ4v) is 8.59. The van der Waals surface area contributed by atoms with Crippen LogP contribution < -0.4 is 9.64 Å². The highest BCUT2D eigenvalue weighted by molar-refractivity contribution is 6.58. The number of hydrogen-bond donors (Lipinski definition) is 2. The van der Waals surface area contributed by atoms with Gasteiger partial charge in [0.1, 0.15) is 5.82 Å². The zero-order valence-corrected chi connectivity index (χ0v) is 26.3. The number of imide groups is 2. The third kappa shape index (κ3) is 4.69. The van der Waals surface area contributed by atoms with Crippen LogP contribution in [0.5, 0.6) is 11.5 Å². The summed E-state index contributed by atoms with van der Waals surface area (Å²) in [4.78, 5) is 64.9. The Balaban J connectivity index is 1.43. The Bertz CT molecular complexity index is 1680. The van der Waals surface area contributed by atoms with Crippen LogP contribution >= 0.6 is 23.2 Å². The number of amides is 4. The molecule has 2 aromatic rings. The van der Waals surface area contributed by atoms with Crippen LogP contribution in [0.1, 0.15) is 50.0 Å². The molecule has 2 aliphatic carbocycles. The lowest BCUT2D eigenvalue weighted by Crippen LogP contribution is -2.60. The van der Waals surface area contributed by atoms with Crippen molar-refractivity contribution in [3.8, 4) is 11.5 Å². The first kappa shape index (κ1) is 32.0. The van der Waals surface area contributed by atoms with E-state index < -0.39 is 62.9 Å². The topological polar surface area (TPSA) is 142 Å². The van der Waals surface area contributed by atoms with Gasteiger partial charge in [0, 0.05) is 18.9 Å². The summed E-state index contributed by atoms with van der Waals surface area (Å²) in [6, 6.07) is 9.18. The van der Waals surface area contributed by atoms with Crippen molar-refractivity contribution in [2.24, 2.45) is 17.8 Å². The Morgan fingerprint density at radius 1 is 1.00 bits per heavy atom. The van der Waals surface area contributed by atoms with Crippen molar-refractivity contribution in [2.75, 3.05) is 18.6 Å². The molecule has 10 nitrogen and oxygen atoms in total. The number of halogens is 3. The first-order chi connectivity index (χ1) is 21.8. The van der Waals surface area contributed by atoms with Crippen molar-refractivity contribution < 1.29 is 43.3 Å². The molecule has 0 unspecified atom stereocenters. The number of carboxylic acids is 1. The maximum atomic E-state index is 14.4. The van der Waals surface area contributed by atoms with Crippen LogP contribution in [-0.4, -0.2) is 68.1 Å². The second kappa shape index (κ2) is 11.7. The SMILES string of the molecule is COc1cc([C@H]2C3=CC[C@@H]4C(=O)N(CCCCCC(=O)O)C(=O)[C@@H]4[C@@H]3C[C@@]3(Cl)C(=O)N(c4ccc(F)cc4)C(=O)[C@@]23Cl)ccc1O. The zero-order chi connectivity index (χ0) is 33.1. The van der Waals surface area contributed by atoms with E-state index in [1.54, 1.807) is 12.1 Å². The molecular weight excluding hydrogens is 642 g/mol. The van der Waals surface area contributed by atoms with Crippen LogP contribution in [0.3, 0.4) is 0 Å². The van der Waals surface area contributed by atoms with E-state index in [1.807, 2.05) is 0 Å². The third-order valence-corrected chi connectivity index (χ3v) is 11.2. The first-order valence-electron chi connectivity index (χ1n) is 15.0. The summed E-state index contributed by atoms with van der Waals surface area (Å²) < 4.78 is 19.1. The number of likely N-dealkylation sites (tertiary alicyclic amines) is 1. The van der Waals surface area contributed by atoms with Gasteiger partial charge in [-0.3, -0.25) is 28.9 Å². The number of phenolic OH excluding ortho intramolecular Hbond substituents is 1. The van der Waals surface area contributed by atoms with Gasteiger partial charge in [0.05, 0.1) is 24.6 Å². The monoisotopic (exact) mass is 672 g/mol. The number of hydrogen-bond acceptors (Lipinski definition) is 7. The molecule has 6 atom stereocenters. The van der Waals surface area contributed by atoms with Gasteiger partial charge >= 0.3 is 5.97 Å².